The second-order valence-corrected chi connectivity index (χ2v) is 10.2. The van der Waals surface area contributed by atoms with Gasteiger partial charge < -0.3 is 9.72 Å². The maximum Gasteiger partial charge on any atom is 0.252 e. The largest absolute Gasteiger partial charge is 0.497 e. The van der Waals surface area contributed by atoms with Crippen molar-refractivity contribution in [1.82, 2.24) is 9.88 Å². The van der Waals surface area contributed by atoms with Gasteiger partial charge in [-0.2, -0.15) is 0 Å². The van der Waals surface area contributed by atoms with Crippen molar-refractivity contribution in [3.63, 3.8) is 0 Å². The number of pyridine rings is 1. The number of fused-ring (bicyclic) bond motifs is 1. The third-order valence-corrected chi connectivity index (χ3v) is 6.26. The number of ether oxygens (including phenoxy) is 1. The highest BCUT2D eigenvalue weighted by Crippen LogP contribution is 2.23. The Bertz CT molecular complexity index is 1310. The van der Waals surface area contributed by atoms with Gasteiger partial charge >= 0.3 is 0 Å². The Hall–Kier alpha value is -3.37. The van der Waals surface area contributed by atoms with E-state index >= 15 is 0 Å². The molecule has 4 aromatic rings. The Kier molecular flexibility index (Phi) is 6.90. The summed E-state index contributed by atoms with van der Waals surface area (Å²) in [6.45, 7) is 10.8. The summed E-state index contributed by atoms with van der Waals surface area (Å²) in [4.78, 5) is 18.3. The minimum Gasteiger partial charge on any atom is -0.497 e. The Balaban J connectivity index is 1.63. The minimum atomic E-state index is -0.0286. The molecule has 1 heterocycles. The van der Waals surface area contributed by atoms with E-state index in [0.29, 0.717) is 6.54 Å². The third-order valence-electron chi connectivity index (χ3n) is 6.26. The molecule has 0 fully saturated rings. The van der Waals surface area contributed by atoms with Crippen molar-refractivity contribution < 1.29 is 4.74 Å². The molecular weight excluding hydrogens is 420 g/mol. The molecule has 4 rings (SSSR count). The fraction of sp³-hybridized carbons (Fsp3) is 0.300. The molecule has 34 heavy (non-hydrogen) atoms. The van der Waals surface area contributed by atoms with E-state index in [-0.39, 0.29) is 11.0 Å². The molecule has 0 atom stereocenters. The Morgan fingerprint density at radius 1 is 0.824 bits per heavy atom. The first-order valence-electron chi connectivity index (χ1n) is 11.8. The van der Waals surface area contributed by atoms with Crippen molar-refractivity contribution >= 4 is 10.9 Å². The van der Waals surface area contributed by atoms with Crippen LogP contribution in [-0.4, -0.2) is 17.0 Å². The average molecular weight is 455 g/mol. The Morgan fingerprint density at radius 2 is 1.44 bits per heavy atom. The van der Waals surface area contributed by atoms with Crippen LogP contribution in [0.4, 0.5) is 0 Å². The summed E-state index contributed by atoms with van der Waals surface area (Å²) >= 11 is 0. The molecule has 4 nitrogen and oxygen atoms in total. The predicted molar refractivity (Wildman–Crippen MR) is 140 cm³/mol. The summed E-state index contributed by atoms with van der Waals surface area (Å²) in [7, 11) is 1.68. The quantitative estimate of drug-likeness (QED) is 0.354. The number of aromatic amines is 1. The van der Waals surface area contributed by atoms with Gasteiger partial charge in [0.2, 0.25) is 0 Å². The van der Waals surface area contributed by atoms with Crippen LogP contribution in [0.5, 0.6) is 5.75 Å². The summed E-state index contributed by atoms with van der Waals surface area (Å²) < 4.78 is 5.31. The molecule has 0 amide bonds. The van der Waals surface area contributed by atoms with Gasteiger partial charge in [0.05, 0.1) is 7.11 Å². The average Bonchev–Trinajstić information content (AvgIpc) is 2.80. The number of methoxy groups -OCH3 is 1. The van der Waals surface area contributed by atoms with Gasteiger partial charge in [0.15, 0.2) is 0 Å². The van der Waals surface area contributed by atoms with Crippen LogP contribution < -0.4 is 10.3 Å². The van der Waals surface area contributed by atoms with Crippen molar-refractivity contribution in [2.45, 2.75) is 52.7 Å². The van der Waals surface area contributed by atoms with Crippen LogP contribution in [-0.2, 0) is 25.0 Å². The molecule has 0 aliphatic carbocycles. The lowest BCUT2D eigenvalue weighted by molar-refractivity contribution is 0.246. The number of rotatable bonds is 7. The van der Waals surface area contributed by atoms with Crippen molar-refractivity contribution in [1.29, 1.82) is 0 Å². The van der Waals surface area contributed by atoms with E-state index in [1.54, 1.807) is 7.11 Å². The van der Waals surface area contributed by atoms with E-state index in [2.05, 4.69) is 80.0 Å². The van der Waals surface area contributed by atoms with Crippen molar-refractivity contribution in [2.24, 2.45) is 0 Å². The van der Waals surface area contributed by atoms with E-state index in [0.717, 1.165) is 35.3 Å². The van der Waals surface area contributed by atoms with Crippen LogP contribution in [0.15, 0.2) is 77.6 Å². The van der Waals surface area contributed by atoms with Crippen LogP contribution >= 0.6 is 0 Å². The molecule has 0 aliphatic heterocycles. The number of hydrogen-bond donors (Lipinski definition) is 1. The molecule has 0 unspecified atom stereocenters. The summed E-state index contributed by atoms with van der Waals surface area (Å²) in [6, 6.07) is 25.1. The molecule has 0 saturated carbocycles. The summed E-state index contributed by atoms with van der Waals surface area (Å²) in [6.07, 6.45) is 0. The van der Waals surface area contributed by atoms with Crippen LogP contribution in [0.2, 0.25) is 0 Å². The van der Waals surface area contributed by atoms with Crippen LogP contribution in [0.25, 0.3) is 10.9 Å². The van der Waals surface area contributed by atoms with Crippen molar-refractivity contribution in [2.75, 3.05) is 7.11 Å². The standard InChI is InChI=1S/C30H34N2O2/c1-21-6-15-28-24(16-21)17-25(29(33)31-28)20-32(19-23-9-13-27(34-5)14-10-23)18-22-7-11-26(12-8-22)30(2,3)4/h6-17H,18-20H2,1-5H3,(H,31,33). The number of nitrogens with zero attached hydrogens (tertiary/aromatic N) is 1. The second kappa shape index (κ2) is 9.86. The van der Waals surface area contributed by atoms with E-state index < -0.39 is 0 Å². The van der Waals surface area contributed by atoms with Crippen LogP contribution in [0.3, 0.4) is 0 Å². The zero-order valence-corrected chi connectivity index (χ0v) is 20.8. The number of benzene rings is 3. The van der Waals surface area contributed by atoms with E-state index in [1.807, 2.05) is 30.3 Å². The normalized spacial score (nSPS) is 11.8. The third kappa shape index (κ3) is 5.75. The lowest BCUT2D eigenvalue weighted by Crippen LogP contribution is -2.26. The number of nitrogens with one attached hydrogen (secondary N) is 1. The zero-order valence-electron chi connectivity index (χ0n) is 20.8. The van der Waals surface area contributed by atoms with Crippen LogP contribution in [0.1, 0.15) is 48.6 Å². The first-order chi connectivity index (χ1) is 16.2. The van der Waals surface area contributed by atoms with Gasteiger partial charge in [-0.05, 0) is 64.7 Å². The fourth-order valence-electron chi connectivity index (χ4n) is 4.25. The van der Waals surface area contributed by atoms with Crippen molar-refractivity contribution in [3.05, 3.63) is 111 Å². The highest BCUT2D eigenvalue weighted by Gasteiger charge is 2.15. The highest BCUT2D eigenvalue weighted by atomic mass is 16.5. The summed E-state index contributed by atoms with van der Waals surface area (Å²) in [5.74, 6) is 0.842. The van der Waals surface area contributed by atoms with Crippen LogP contribution in [0, 0.1) is 6.92 Å². The van der Waals surface area contributed by atoms with Gasteiger partial charge in [0.25, 0.3) is 5.56 Å². The molecular formula is C30H34N2O2. The number of H-pyrrole nitrogens is 1. The maximum atomic E-state index is 12.9. The molecule has 0 spiro atoms. The summed E-state index contributed by atoms with van der Waals surface area (Å²) in [5.41, 5.74) is 6.65. The molecule has 0 radical (unpaired) electrons. The van der Waals surface area contributed by atoms with Gasteiger partial charge in [-0.3, -0.25) is 9.69 Å². The maximum absolute atomic E-state index is 12.9. The van der Waals surface area contributed by atoms with E-state index in [1.165, 1.54) is 22.3 Å². The number of aromatic nitrogens is 1. The molecule has 0 saturated heterocycles. The lowest BCUT2D eigenvalue weighted by atomic mass is 9.87. The molecule has 1 aromatic heterocycles. The molecule has 4 heteroatoms. The van der Waals surface area contributed by atoms with Gasteiger partial charge in [0, 0.05) is 30.7 Å². The monoisotopic (exact) mass is 454 g/mol. The van der Waals surface area contributed by atoms with Gasteiger partial charge in [-0.25, -0.2) is 0 Å². The number of aryl methyl sites for hydroxylation is 1. The second-order valence-electron chi connectivity index (χ2n) is 10.2. The number of hydrogen-bond acceptors (Lipinski definition) is 3. The minimum absolute atomic E-state index is 0.0286. The molecule has 0 aliphatic rings. The Morgan fingerprint density at radius 3 is 2.03 bits per heavy atom. The van der Waals surface area contributed by atoms with Crippen molar-refractivity contribution in [3.8, 4) is 5.75 Å². The smallest absolute Gasteiger partial charge is 0.252 e. The topological polar surface area (TPSA) is 45.3 Å². The SMILES string of the molecule is COc1ccc(CN(Cc2ccc(C(C)(C)C)cc2)Cc2cc3cc(C)ccc3[nH]c2=O)cc1. The highest BCUT2D eigenvalue weighted by molar-refractivity contribution is 5.79. The zero-order chi connectivity index (χ0) is 24.3. The van der Waals surface area contributed by atoms with Gasteiger partial charge in [-0.15, -0.1) is 0 Å². The first kappa shape index (κ1) is 23.8. The van der Waals surface area contributed by atoms with E-state index in [4.69, 9.17) is 4.74 Å². The van der Waals surface area contributed by atoms with Gasteiger partial charge in [0.1, 0.15) is 5.75 Å². The molecule has 3 aromatic carbocycles. The fourth-order valence-corrected chi connectivity index (χ4v) is 4.25. The lowest BCUT2D eigenvalue weighted by Gasteiger charge is -2.24. The molecule has 1 N–H and O–H groups in total. The predicted octanol–water partition coefficient (Wildman–Crippen LogP) is 6.35. The Labute approximate surface area is 202 Å². The van der Waals surface area contributed by atoms with E-state index in [9.17, 15) is 4.79 Å². The molecule has 176 valence electrons. The molecule has 0 bridgehead atoms. The summed E-state index contributed by atoms with van der Waals surface area (Å²) in [5, 5.41) is 1.06. The first-order valence-corrected chi connectivity index (χ1v) is 11.8. The van der Waals surface area contributed by atoms with Gasteiger partial charge in [-0.1, -0.05) is 68.8 Å².